The van der Waals surface area contributed by atoms with E-state index in [1.807, 2.05) is 0 Å². The molecule has 1 aromatic heterocycles. The Bertz CT molecular complexity index is 1500. The Morgan fingerprint density at radius 1 is 1.00 bits per heavy atom. The smallest absolute Gasteiger partial charge is 0.339 e. The van der Waals surface area contributed by atoms with Gasteiger partial charge in [0, 0.05) is 34.6 Å². The van der Waals surface area contributed by atoms with Gasteiger partial charge < -0.3 is 13.9 Å². The normalized spacial score (nSPS) is 11.3. The van der Waals surface area contributed by atoms with E-state index in [4.69, 9.17) is 8.60 Å². The van der Waals surface area contributed by atoms with Crippen LogP contribution in [0, 0.1) is 10.1 Å². The Hall–Kier alpha value is -3.70. The molecule has 0 atom stereocenters. The van der Waals surface area contributed by atoms with Gasteiger partial charge in [-0.3, -0.25) is 10.1 Å². The van der Waals surface area contributed by atoms with E-state index in [1.165, 1.54) is 48.5 Å². The lowest BCUT2D eigenvalue weighted by atomic mass is 10.1. The second kappa shape index (κ2) is 9.04. The topological polar surface area (TPSA) is 129 Å². The van der Waals surface area contributed by atoms with Crippen LogP contribution in [0.4, 0.5) is 11.4 Å². The van der Waals surface area contributed by atoms with E-state index in [0.29, 0.717) is 11.1 Å². The summed E-state index contributed by atoms with van der Waals surface area (Å²) < 4.78 is 35.8. The molecule has 1 heterocycles. The van der Waals surface area contributed by atoms with Crippen molar-refractivity contribution in [3.8, 4) is 5.75 Å². The molecule has 0 aliphatic heterocycles. The number of non-ortho nitro benzene ring substituents is 1. The molecule has 33 heavy (non-hydrogen) atoms. The van der Waals surface area contributed by atoms with E-state index in [0.717, 1.165) is 10.0 Å². The van der Waals surface area contributed by atoms with Crippen LogP contribution >= 0.6 is 15.9 Å². The molecule has 11 heteroatoms. The van der Waals surface area contributed by atoms with Gasteiger partial charge >= 0.3 is 15.7 Å². The van der Waals surface area contributed by atoms with Gasteiger partial charge in [0.25, 0.3) is 5.69 Å². The maximum atomic E-state index is 12.4. The summed E-state index contributed by atoms with van der Waals surface area (Å²) in [4.78, 5) is 22.4. The van der Waals surface area contributed by atoms with Crippen LogP contribution in [0.1, 0.15) is 5.56 Å². The number of fused-ring (bicyclic) bond motifs is 1. The van der Waals surface area contributed by atoms with Crippen molar-refractivity contribution in [2.24, 2.45) is 0 Å². The molecule has 0 spiro atoms. The van der Waals surface area contributed by atoms with Crippen molar-refractivity contribution in [1.82, 2.24) is 0 Å². The third kappa shape index (κ3) is 5.21. The van der Waals surface area contributed by atoms with Crippen molar-refractivity contribution in [3.05, 3.63) is 103 Å². The molecule has 4 rings (SSSR count). The fraction of sp³-hybridized carbons (Fsp3) is 0.0455. The molecule has 0 saturated carbocycles. The first-order chi connectivity index (χ1) is 15.7. The highest BCUT2D eigenvalue weighted by molar-refractivity contribution is 9.10. The Kier molecular flexibility index (Phi) is 6.16. The van der Waals surface area contributed by atoms with Crippen LogP contribution in [0.3, 0.4) is 0 Å². The molecule has 9 nitrogen and oxygen atoms in total. The van der Waals surface area contributed by atoms with E-state index in [-0.39, 0.29) is 28.5 Å². The first-order valence-corrected chi connectivity index (χ1v) is 11.7. The number of rotatable bonds is 7. The summed E-state index contributed by atoms with van der Waals surface area (Å²) in [7, 11) is -3.98. The minimum Gasteiger partial charge on any atom is -0.423 e. The highest BCUT2D eigenvalue weighted by Crippen LogP contribution is 2.27. The molecule has 0 unspecified atom stereocenters. The number of nitro groups is 1. The summed E-state index contributed by atoms with van der Waals surface area (Å²) in [5.41, 5.74) is 0.629. The van der Waals surface area contributed by atoms with Crippen molar-refractivity contribution >= 4 is 48.4 Å². The molecule has 1 N–H and O–H groups in total. The van der Waals surface area contributed by atoms with E-state index >= 15 is 0 Å². The fourth-order valence-electron chi connectivity index (χ4n) is 3.05. The maximum absolute atomic E-state index is 12.4. The molecule has 0 bridgehead atoms. The minimum absolute atomic E-state index is 0.0281. The quantitative estimate of drug-likeness (QED) is 0.155. The van der Waals surface area contributed by atoms with Gasteiger partial charge in [-0.2, -0.15) is 8.42 Å². The van der Waals surface area contributed by atoms with E-state index in [9.17, 15) is 23.3 Å². The van der Waals surface area contributed by atoms with Crippen LogP contribution < -0.4 is 15.1 Å². The summed E-state index contributed by atoms with van der Waals surface area (Å²) >= 11 is 3.25. The van der Waals surface area contributed by atoms with Crippen molar-refractivity contribution < 1.29 is 21.9 Å². The van der Waals surface area contributed by atoms with E-state index in [2.05, 4.69) is 21.2 Å². The lowest BCUT2D eigenvalue weighted by Gasteiger charge is -2.10. The second-order valence-electron chi connectivity index (χ2n) is 6.91. The summed E-state index contributed by atoms with van der Waals surface area (Å²) in [5.74, 6) is 0.142. The van der Waals surface area contributed by atoms with Crippen LogP contribution in [-0.4, -0.2) is 13.3 Å². The highest BCUT2D eigenvalue weighted by atomic mass is 79.9. The Morgan fingerprint density at radius 2 is 1.70 bits per heavy atom. The van der Waals surface area contributed by atoms with Crippen LogP contribution in [0.25, 0.3) is 11.0 Å². The van der Waals surface area contributed by atoms with E-state index < -0.39 is 20.7 Å². The lowest BCUT2D eigenvalue weighted by molar-refractivity contribution is -0.384. The fourth-order valence-corrected chi connectivity index (χ4v) is 4.24. The first-order valence-electron chi connectivity index (χ1n) is 9.46. The van der Waals surface area contributed by atoms with E-state index in [1.54, 1.807) is 24.3 Å². The maximum Gasteiger partial charge on any atom is 0.339 e. The number of nitrogens with zero attached hydrogens (tertiary/aromatic N) is 1. The number of nitrogens with one attached hydrogen (secondary N) is 1. The SMILES string of the molecule is O=c1cc(NCc2ccc(OS(=O)(=O)c3ccc(Br)cc3)cc2)c2cc([N+](=O)[O-])ccc2o1. The van der Waals surface area contributed by atoms with Crippen LogP contribution in [-0.2, 0) is 16.7 Å². The lowest BCUT2D eigenvalue weighted by Crippen LogP contribution is -2.09. The van der Waals surface area contributed by atoms with Crippen molar-refractivity contribution in [2.45, 2.75) is 11.4 Å². The van der Waals surface area contributed by atoms with Crippen LogP contribution in [0.2, 0.25) is 0 Å². The Balaban J connectivity index is 1.50. The average molecular weight is 531 g/mol. The van der Waals surface area contributed by atoms with Crippen molar-refractivity contribution in [2.75, 3.05) is 5.32 Å². The average Bonchev–Trinajstić information content (AvgIpc) is 2.78. The standard InChI is InChI=1S/C22H15BrN2O7S/c23-15-3-8-18(9-4-15)33(29,30)32-17-6-1-14(2-7-17)13-24-20-12-22(26)31-21-10-5-16(25(27)28)11-19(20)21/h1-12,24H,13H2. The van der Waals surface area contributed by atoms with Gasteiger partial charge in [0.1, 0.15) is 16.2 Å². The Labute approximate surface area is 196 Å². The third-order valence-electron chi connectivity index (χ3n) is 4.65. The largest absolute Gasteiger partial charge is 0.423 e. The summed E-state index contributed by atoms with van der Waals surface area (Å²) in [6.07, 6.45) is 0. The minimum atomic E-state index is -3.98. The third-order valence-corrected chi connectivity index (χ3v) is 6.44. The molecule has 0 aliphatic rings. The molecule has 0 radical (unpaired) electrons. The molecule has 0 fully saturated rings. The zero-order valence-electron chi connectivity index (χ0n) is 16.7. The molecule has 4 aromatic rings. The van der Waals surface area contributed by atoms with Gasteiger partial charge in [0.05, 0.1) is 10.6 Å². The summed E-state index contributed by atoms with van der Waals surface area (Å²) in [6, 6.07) is 17.6. The molecule has 0 saturated heterocycles. The molecule has 0 aliphatic carbocycles. The van der Waals surface area contributed by atoms with Gasteiger partial charge in [-0.1, -0.05) is 28.1 Å². The molecule has 0 amide bonds. The molecular weight excluding hydrogens is 516 g/mol. The highest BCUT2D eigenvalue weighted by Gasteiger charge is 2.16. The zero-order valence-corrected chi connectivity index (χ0v) is 19.1. The number of benzene rings is 3. The predicted octanol–water partition coefficient (Wildman–Crippen LogP) is 4.84. The summed E-state index contributed by atoms with van der Waals surface area (Å²) in [6.45, 7) is 0.265. The van der Waals surface area contributed by atoms with Gasteiger partial charge in [-0.25, -0.2) is 4.79 Å². The number of hydrogen-bond donors (Lipinski definition) is 1. The van der Waals surface area contributed by atoms with Crippen molar-refractivity contribution in [3.63, 3.8) is 0 Å². The van der Waals surface area contributed by atoms with Gasteiger partial charge in [-0.05, 0) is 48.0 Å². The number of hydrogen-bond acceptors (Lipinski definition) is 8. The molecular formula is C22H15BrN2O7S. The predicted molar refractivity (Wildman–Crippen MR) is 125 cm³/mol. The molecule has 168 valence electrons. The van der Waals surface area contributed by atoms with Crippen LogP contribution in [0.15, 0.2) is 91.4 Å². The number of halogens is 1. The van der Waals surface area contributed by atoms with Gasteiger partial charge in [-0.15, -0.1) is 0 Å². The van der Waals surface area contributed by atoms with Gasteiger partial charge in [0.15, 0.2) is 0 Å². The second-order valence-corrected chi connectivity index (χ2v) is 9.37. The number of nitro benzene ring substituents is 1. The van der Waals surface area contributed by atoms with Crippen LogP contribution in [0.5, 0.6) is 5.75 Å². The van der Waals surface area contributed by atoms with Crippen molar-refractivity contribution in [1.29, 1.82) is 0 Å². The molecule has 3 aromatic carbocycles. The zero-order chi connectivity index (χ0) is 23.6. The monoisotopic (exact) mass is 530 g/mol. The summed E-state index contributed by atoms with van der Waals surface area (Å²) in [5, 5.41) is 14.5. The number of anilines is 1. The first kappa shape index (κ1) is 22.5. The van der Waals surface area contributed by atoms with Gasteiger partial charge in [0.2, 0.25) is 0 Å². The Morgan fingerprint density at radius 3 is 2.36 bits per heavy atom.